The number of rotatable bonds is 3. The lowest BCUT2D eigenvalue weighted by molar-refractivity contribution is 0.471. The third kappa shape index (κ3) is 2.82. The molecule has 2 N–H and O–H groups in total. The molecule has 0 unspecified atom stereocenters. The Kier molecular flexibility index (Phi) is 3.87. The smallest absolute Gasteiger partial charge is 0.146 e. The van der Waals surface area contributed by atoms with Crippen molar-refractivity contribution in [3.8, 4) is 5.75 Å². The number of nitrogens with one attached hydrogen (secondary N) is 1. The molecule has 0 aliphatic carbocycles. The van der Waals surface area contributed by atoms with Crippen molar-refractivity contribution in [1.82, 2.24) is 0 Å². The van der Waals surface area contributed by atoms with Gasteiger partial charge in [-0.05, 0) is 52.2 Å². The normalized spacial score (nSPS) is 10.4. The molecular weight excluding hydrogens is 297 g/mol. The van der Waals surface area contributed by atoms with Crippen LogP contribution in [0.25, 0.3) is 0 Å². The zero-order valence-electron chi connectivity index (χ0n) is 9.87. The maximum absolute atomic E-state index is 13.6. The zero-order chi connectivity index (χ0) is 13.1. The lowest BCUT2D eigenvalue weighted by atomic mass is 10.1. The number of para-hydroxylation sites is 1. The second-order valence-electron chi connectivity index (χ2n) is 4.07. The maximum atomic E-state index is 13.6. The first-order valence-corrected chi connectivity index (χ1v) is 6.33. The number of halogens is 2. The second-order valence-corrected chi connectivity index (χ2v) is 4.93. The number of hydrogen-bond donors (Lipinski definition) is 2. The van der Waals surface area contributed by atoms with Crippen LogP contribution in [0.4, 0.5) is 10.1 Å². The van der Waals surface area contributed by atoms with Gasteiger partial charge in [-0.3, -0.25) is 0 Å². The standard InChI is InChI=1S/C14H13BrFNO/c1-9-3-2-4-12(16)14(9)17-8-10-5-6-13(18)11(15)7-10/h2-7,17-18H,8H2,1H3. The van der Waals surface area contributed by atoms with Gasteiger partial charge in [0.1, 0.15) is 11.6 Å². The summed E-state index contributed by atoms with van der Waals surface area (Å²) in [6.45, 7) is 2.36. The van der Waals surface area contributed by atoms with Crippen molar-refractivity contribution >= 4 is 21.6 Å². The van der Waals surface area contributed by atoms with E-state index < -0.39 is 0 Å². The summed E-state index contributed by atoms with van der Waals surface area (Å²) < 4.78 is 14.2. The molecule has 2 nitrogen and oxygen atoms in total. The van der Waals surface area contributed by atoms with Gasteiger partial charge in [0.2, 0.25) is 0 Å². The fourth-order valence-corrected chi connectivity index (χ4v) is 2.13. The fourth-order valence-electron chi connectivity index (χ4n) is 1.71. The quantitative estimate of drug-likeness (QED) is 0.890. The number of aromatic hydroxyl groups is 1. The van der Waals surface area contributed by atoms with E-state index in [1.807, 2.05) is 13.0 Å². The van der Waals surface area contributed by atoms with Gasteiger partial charge in [-0.1, -0.05) is 18.2 Å². The van der Waals surface area contributed by atoms with Crippen molar-refractivity contribution in [3.63, 3.8) is 0 Å². The van der Waals surface area contributed by atoms with E-state index in [1.54, 1.807) is 24.3 Å². The van der Waals surface area contributed by atoms with Gasteiger partial charge in [-0.25, -0.2) is 4.39 Å². The van der Waals surface area contributed by atoms with Crippen LogP contribution in [0.1, 0.15) is 11.1 Å². The number of aryl methyl sites for hydroxylation is 1. The molecule has 0 spiro atoms. The van der Waals surface area contributed by atoms with Crippen molar-refractivity contribution < 1.29 is 9.50 Å². The van der Waals surface area contributed by atoms with E-state index in [2.05, 4.69) is 21.2 Å². The topological polar surface area (TPSA) is 32.3 Å². The average molecular weight is 310 g/mol. The van der Waals surface area contributed by atoms with Crippen LogP contribution in [0.3, 0.4) is 0 Å². The largest absolute Gasteiger partial charge is 0.507 e. The van der Waals surface area contributed by atoms with E-state index in [9.17, 15) is 9.50 Å². The minimum absolute atomic E-state index is 0.195. The number of phenolic OH excluding ortho intramolecular Hbond substituents is 1. The van der Waals surface area contributed by atoms with Crippen LogP contribution >= 0.6 is 15.9 Å². The molecule has 0 aliphatic heterocycles. The highest BCUT2D eigenvalue weighted by atomic mass is 79.9. The number of hydrogen-bond acceptors (Lipinski definition) is 2. The van der Waals surface area contributed by atoms with Crippen LogP contribution in [-0.2, 0) is 6.54 Å². The minimum Gasteiger partial charge on any atom is -0.507 e. The second kappa shape index (κ2) is 5.40. The number of phenols is 1. The molecule has 2 rings (SSSR count). The van der Waals surface area contributed by atoms with E-state index in [-0.39, 0.29) is 11.6 Å². The van der Waals surface area contributed by atoms with E-state index in [1.165, 1.54) is 6.07 Å². The molecule has 18 heavy (non-hydrogen) atoms. The monoisotopic (exact) mass is 309 g/mol. The van der Waals surface area contributed by atoms with Gasteiger partial charge in [-0.2, -0.15) is 0 Å². The van der Waals surface area contributed by atoms with E-state index >= 15 is 0 Å². The predicted molar refractivity (Wildman–Crippen MR) is 74.3 cm³/mol. The Bertz CT molecular complexity index is 551. The molecule has 0 fully saturated rings. The lowest BCUT2D eigenvalue weighted by Crippen LogP contribution is -2.03. The van der Waals surface area contributed by atoms with Crippen LogP contribution in [0.2, 0.25) is 0 Å². The molecular formula is C14H13BrFNO. The highest BCUT2D eigenvalue weighted by molar-refractivity contribution is 9.10. The van der Waals surface area contributed by atoms with Gasteiger partial charge in [0.15, 0.2) is 0 Å². The third-order valence-corrected chi connectivity index (χ3v) is 3.34. The summed E-state index contributed by atoms with van der Waals surface area (Å²) in [5.41, 5.74) is 2.34. The maximum Gasteiger partial charge on any atom is 0.146 e. The van der Waals surface area contributed by atoms with Gasteiger partial charge in [0.05, 0.1) is 10.2 Å². The zero-order valence-corrected chi connectivity index (χ0v) is 11.5. The van der Waals surface area contributed by atoms with Crippen molar-refractivity contribution in [3.05, 3.63) is 57.8 Å². The molecule has 0 saturated carbocycles. The van der Waals surface area contributed by atoms with E-state index in [0.717, 1.165) is 11.1 Å². The molecule has 0 heterocycles. The molecule has 94 valence electrons. The van der Waals surface area contributed by atoms with Gasteiger partial charge >= 0.3 is 0 Å². The summed E-state index contributed by atoms with van der Waals surface area (Å²) in [6, 6.07) is 10.2. The molecule has 0 radical (unpaired) electrons. The van der Waals surface area contributed by atoms with E-state index in [4.69, 9.17) is 0 Å². The molecule has 0 aromatic heterocycles. The molecule has 0 saturated heterocycles. The van der Waals surface area contributed by atoms with Crippen LogP contribution in [-0.4, -0.2) is 5.11 Å². The summed E-state index contributed by atoms with van der Waals surface area (Å²) in [7, 11) is 0. The van der Waals surface area contributed by atoms with Gasteiger partial charge < -0.3 is 10.4 Å². The lowest BCUT2D eigenvalue weighted by Gasteiger charge is -2.11. The third-order valence-electron chi connectivity index (χ3n) is 2.70. The Morgan fingerprint density at radius 3 is 2.72 bits per heavy atom. The van der Waals surface area contributed by atoms with Crippen LogP contribution in [0, 0.1) is 12.7 Å². The van der Waals surface area contributed by atoms with Crippen LogP contribution < -0.4 is 5.32 Å². The molecule has 0 bridgehead atoms. The Balaban J connectivity index is 2.14. The molecule has 0 aliphatic rings. The molecule has 4 heteroatoms. The first-order valence-electron chi connectivity index (χ1n) is 5.54. The van der Waals surface area contributed by atoms with Crippen molar-refractivity contribution in [1.29, 1.82) is 0 Å². The average Bonchev–Trinajstić information content (AvgIpc) is 2.33. The Morgan fingerprint density at radius 2 is 2.06 bits per heavy atom. The van der Waals surface area contributed by atoms with Crippen LogP contribution in [0.15, 0.2) is 40.9 Å². The Labute approximate surface area is 114 Å². The van der Waals surface area contributed by atoms with E-state index in [0.29, 0.717) is 16.7 Å². The van der Waals surface area contributed by atoms with Crippen molar-refractivity contribution in [2.75, 3.05) is 5.32 Å². The predicted octanol–water partition coefficient (Wildman–Crippen LogP) is 4.21. The molecule has 0 atom stereocenters. The van der Waals surface area contributed by atoms with Gasteiger partial charge in [0.25, 0.3) is 0 Å². The first kappa shape index (κ1) is 12.9. The summed E-state index contributed by atoms with van der Waals surface area (Å²) in [5.74, 6) is -0.0614. The highest BCUT2D eigenvalue weighted by Gasteiger charge is 2.05. The summed E-state index contributed by atoms with van der Waals surface area (Å²) in [6.07, 6.45) is 0. The summed E-state index contributed by atoms with van der Waals surface area (Å²) in [4.78, 5) is 0. The van der Waals surface area contributed by atoms with Gasteiger partial charge in [-0.15, -0.1) is 0 Å². The number of anilines is 1. The summed E-state index contributed by atoms with van der Waals surface area (Å²) >= 11 is 3.25. The molecule has 2 aromatic carbocycles. The van der Waals surface area contributed by atoms with Gasteiger partial charge in [0, 0.05) is 6.54 Å². The fraction of sp³-hybridized carbons (Fsp3) is 0.143. The number of benzene rings is 2. The SMILES string of the molecule is Cc1cccc(F)c1NCc1ccc(O)c(Br)c1. The molecule has 0 amide bonds. The molecule has 2 aromatic rings. The highest BCUT2D eigenvalue weighted by Crippen LogP contribution is 2.25. The minimum atomic E-state index is -0.257. The first-order chi connectivity index (χ1) is 8.58. The van der Waals surface area contributed by atoms with Crippen molar-refractivity contribution in [2.45, 2.75) is 13.5 Å². The Morgan fingerprint density at radius 1 is 1.28 bits per heavy atom. The summed E-state index contributed by atoms with van der Waals surface area (Å²) in [5, 5.41) is 12.5. The Hall–Kier alpha value is -1.55. The van der Waals surface area contributed by atoms with Crippen LogP contribution in [0.5, 0.6) is 5.75 Å². The van der Waals surface area contributed by atoms with Crippen molar-refractivity contribution in [2.24, 2.45) is 0 Å².